The molecule has 1 aromatic carbocycles. The number of carbonyl (C=O) groups is 1. The first kappa shape index (κ1) is 16.2. The number of rotatable bonds is 4. The van der Waals surface area contributed by atoms with Crippen LogP contribution in [0, 0.1) is 16.7 Å². The smallest absolute Gasteiger partial charge is 0.338 e. The van der Waals surface area contributed by atoms with Gasteiger partial charge in [0.05, 0.1) is 19.8 Å². The average molecular weight is 318 g/mol. The maximum atomic E-state index is 12.6. The van der Waals surface area contributed by atoms with E-state index in [1.165, 1.54) is 6.42 Å². The molecule has 2 fully saturated rings. The maximum Gasteiger partial charge on any atom is 0.338 e. The van der Waals surface area contributed by atoms with Crippen molar-refractivity contribution in [2.75, 3.05) is 14.2 Å². The van der Waals surface area contributed by atoms with Crippen LogP contribution >= 0.6 is 0 Å². The van der Waals surface area contributed by atoms with Crippen LogP contribution in [-0.2, 0) is 4.74 Å². The van der Waals surface area contributed by atoms with Crippen LogP contribution in [0.2, 0.25) is 0 Å². The predicted octanol–water partition coefficient (Wildman–Crippen LogP) is 4.08. The van der Waals surface area contributed by atoms with Crippen LogP contribution in [0.15, 0.2) is 18.2 Å². The summed E-state index contributed by atoms with van der Waals surface area (Å²) in [5.41, 5.74) is 0.769. The summed E-state index contributed by atoms with van der Waals surface area (Å²) in [5, 5.41) is 0. The fraction of sp³-hybridized carbons (Fsp3) is 0.632. The van der Waals surface area contributed by atoms with Crippen molar-refractivity contribution in [2.45, 2.75) is 46.1 Å². The molecule has 126 valence electrons. The fourth-order valence-corrected chi connectivity index (χ4v) is 4.43. The standard InChI is InChI=1S/C19H26O4/c1-18(2)13-6-7-19(18,3)16(10-13)23-17(20)12-8-14(21-4)11-15(9-12)22-5/h8-9,11,13,16H,6-7,10H2,1-5H3/t13-,16+,19+/m0/s1. The minimum Gasteiger partial charge on any atom is -0.497 e. The summed E-state index contributed by atoms with van der Waals surface area (Å²) in [6, 6.07) is 5.15. The van der Waals surface area contributed by atoms with Gasteiger partial charge in [0.25, 0.3) is 0 Å². The van der Waals surface area contributed by atoms with Gasteiger partial charge in [0, 0.05) is 11.5 Å². The van der Waals surface area contributed by atoms with Crippen molar-refractivity contribution in [1.82, 2.24) is 0 Å². The van der Waals surface area contributed by atoms with Gasteiger partial charge in [0.1, 0.15) is 17.6 Å². The predicted molar refractivity (Wildman–Crippen MR) is 88.0 cm³/mol. The quantitative estimate of drug-likeness (QED) is 0.785. The van der Waals surface area contributed by atoms with E-state index in [2.05, 4.69) is 20.8 Å². The van der Waals surface area contributed by atoms with Crippen molar-refractivity contribution in [2.24, 2.45) is 16.7 Å². The summed E-state index contributed by atoms with van der Waals surface area (Å²) in [6.07, 6.45) is 3.33. The molecular formula is C19H26O4. The van der Waals surface area contributed by atoms with Crippen LogP contribution < -0.4 is 9.47 Å². The molecule has 0 amide bonds. The van der Waals surface area contributed by atoms with E-state index in [4.69, 9.17) is 14.2 Å². The molecule has 4 heteroatoms. The largest absolute Gasteiger partial charge is 0.497 e. The normalized spacial score (nSPS) is 31.0. The van der Waals surface area contributed by atoms with Crippen molar-refractivity contribution in [3.8, 4) is 11.5 Å². The zero-order chi connectivity index (χ0) is 16.8. The van der Waals surface area contributed by atoms with Crippen LogP contribution in [0.25, 0.3) is 0 Å². The minimum atomic E-state index is -0.295. The molecule has 0 radical (unpaired) electrons. The second-order valence-corrected chi connectivity index (χ2v) is 7.61. The van der Waals surface area contributed by atoms with Gasteiger partial charge in [-0.1, -0.05) is 20.8 Å². The molecule has 3 rings (SSSR count). The SMILES string of the molecule is COc1cc(OC)cc(C(=O)O[C@@H]2C[C@@H]3CC[C@@]2(C)C3(C)C)c1. The summed E-state index contributed by atoms with van der Waals surface area (Å²) in [7, 11) is 3.15. The van der Waals surface area contributed by atoms with Gasteiger partial charge in [0.2, 0.25) is 0 Å². The number of hydrogen-bond donors (Lipinski definition) is 0. The summed E-state index contributed by atoms with van der Waals surface area (Å²) in [5.74, 6) is 1.54. The Morgan fingerprint density at radius 3 is 2.13 bits per heavy atom. The third-order valence-electron chi connectivity index (χ3n) is 6.55. The Bertz CT molecular complexity index is 600. The second kappa shape index (κ2) is 5.43. The summed E-state index contributed by atoms with van der Waals surface area (Å²) < 4.78 is 16.4. The van der Waals surface area contributed by atoms with Crippen LogP contribution in [0.4, 0.5) is 0 Å². The molecule has 0 aliphatic heterocycles. The minimum absolute atomic E-state index is 0.0130. The lowest BCUT2D eigenvalue weighted by Gasteiger charge is -2.38. The molecule has 0 saturated heterocycles. The van der Waals surface area contributed by atoms with E-state index in [0.717, 1.165) is 12.8 Å². The van der Waals surface area contributed by atoms with E-state index in [9.17, 15) is 4.79 Å². The lowest BCUT2D eigenvalue weighted by molar-refractivity contribution is -0.0242. The Labute approximate surface area is 138 Å². The Kier molecular flexibility index (Phi) is 3.81. The van der Waals surface area contributed by atoms with Gasteiger partial charge in [-0.3, -0.25) is 0 Å². The van der Waals surface area contributed by atoms with E-state index in [1.807, 2.05) is 0 Å². The molecule has 0 N–H and O–H groups in total. The highest BCUT2D eigenvalue weighted by molar-refractivity contribution is 5.90. The number of methoxy groups -OCH3 is 2. The highest BCUT2D eigenvalue weighted by Crippen LogP contribution is 2.66. The van der Waals surface area contributed by atoms with Crippen molar-refractivity contribution >= 4 is 5.97 Å². The number of esters is 1. The lowest BCUT2D eigenvalue weighted by atomic mass is 9.70. The van der Waals surface area contributed by atoms with Gasteiger partial charge in [-0.05, 0) is 42.7 Å². The summed E-state index contributed by atoms with van der Waals surface area (Å²) in [4.78, 5) is 12.6. The number of carbonyl (C=O) groups excluding carboxylic acids is 1. The molecule has 2 saturated carbocycles. The van der Waals surface area contributed by atoms with Gasteiger partial charge in [-0.15, -0.1) is 0 Å². The monoisotopic (exact) mass is 318 g/mol. The highest BCUT2D eigenvalue weighted by atomic mass is 16.5. The molecule has 2 aliphatic rings. The molecule has 2 aliphatic carbocycles. The molecule has 1 aromatic rings. The molecule has 2 bridgehead atoms. The van der Waals surface area contributed by atoms with Crippen LogP contribution in [0.5, 0.6) is 11.5 Å². The topological polar surface area (TPSA) is 44.8 Å². The molecule has 0 unspecified atom stereocenters. The molecule has 3 atom stereocenters. The van der Waals surface area contributed by atoms with Crippen LogP contribution in [0.1, 0.15) is 50.4 Å². The Morgan fingerprint density at radius 2 is 1.70 bits per heavy atom. The number of hydrogen-bond acceptors (Lipinski definition) is 4. The highest BCUT2D eigenvalue weighted by Gasteiger charge is 2.62. The molecular weight excluding hydrogens is 292 g/mol. The van der Waals surface area contributed by atoms with Crippen molar-refractivity contribution in [1.29, 1.82) is 0 Å². The van der Waals surface area contributed by atoms with Crippen molar-refractivity contribution < 1.29 is 19.0 Å². The Morgan fingerprint density at radius 1 is 1.09 bits per heavy atom. The number of benzene rings is 1. The van der Waals surface area contributed by atoms with E-state index < -0.39 is 0 Å². The van der Waals surface area contributed by atoms with E-state index in [-0.39, 0.29) is 22.9 Å². The van der Waals surface area contributed by atoms with Crippen LogP contribution in [0.3, 0.4) is 0 Å². The first-order valence-electron chi connectivity index (χ1n) is 8.26. The van der Waals surface area contributed by atoms with Gasteiger partial charge >= 0.3 is 5.97 Å². The van der Waals surface area contributed by atoms with Crippen LogP contribution in [-0.4, -0.2) is 26.3 Å². The molecule has 23 heavy (non-hydrogen) atoms. The summed E-state index contributed by atoms with van der Waals surface area (Å²) >= 11 is 0. The Hall–Kier alpha value is -1.71. The maximum absolute atomic E-state index is 12.6. The second-order valence-electron chi connectivity index (χ2n) is 7.61. The summed E-state index contributed by atoms with van der Waals surface area (Å²) in [6.45, 7) is 6.89. The van der Waals surface area contributed by atoms with Gasteiger partial charge in [0.15, 0.2) is 0 Å². The van der Waals surface area contributed by atoms with E-state index in [0.29, 0.717) is 23.0 Å². The third-order valence-corrected chi connectivity index (χ3v) is 6.55. The number of fused-ring (bicyclic) bond motifs is 2. The van der Waals surface area contributed by atoms with Crippen molar-refractivity contribution in [3.63, 3.8) is 0 Å². The van der Waals surface area contributed by atoms with Gasteiger partial charge < -0.3 is 14.2 Å². The molecule has 0 aromatic heterocycles. The lowest BCUT2D eigenvalue weighted by Crippen LogP contribution is -2.38. The van der Waals surface area contributed by atoms with Crippen molar-refractivity contribution in [3.05, 3.63) is 23.8 Å². The van der Waals surface area contributed by atoms with E-state index >= 15 is 0 Å². The first-order chi connectivity index (χ1) is 10.8. The number of ether oxygens (including phenoxy) is 3. The molecule has 0 heterocycles. The average Bonchev–Trinajstić information content (AvgIpc) is 2.87. The Balaban J connectivity index is 1.81. The molecule has 4 nitrogen and oxygen atoms in total. The third kappa shape index (κ3) is 2.39. The molecule has 0 spiro atoms. The fourth-order valence-electron chi connectivity index (χ4n) is 4.43. The zero-order valence-corrected chi connectivity index (χ0v) is 14.6. The van der Waals surface area contributed by atoms with E-state index in [1.54, 1.807) is 32.4 Å². The zero-order valence-electron chi connectivity index (χ0n) is 14.6. The van der Waals surface area contributed by atoms with Gasteiger partial charge in [-0.25, -0.2) is 4.79 Å². The first-order valence-corrected chi connectivity index (χ1v) is 8.26. The van der Waals surface area contributed by atoms with Gasteiger partial charge in [-0.2, -0.15) is 0 Å².